The van der Waals surface area contributed by atoms with Crippen molar-refractivity contribution in [2.24, 2.45) is 0 Å². The van der Waals surface area contributed by atoms with E-state index in [1.54, 1.807) is 0 Å². The maximum absolute atomic E-state index is 10.7. The van der Waals surface area contributed by atoms with Gasteiger partial charge < -0.3 is 4.74 Å². The Morgan fingerprint density at radius 3 is 2.27 bits per heavy atom. The van der Waals surface area contributed by atoms with Gasteiger partial charge in [-0.05, 0) is 6.92 Å². The fraction of sp³-hybridized carbons (Fsp3) is 0.400. The Balaban J connectivity index is 3.73. The van der Waals surface area contributed by atoms with E-state index in [1.807, 2.05) is 0 Å². The summed E-state index contributed by atoms with van der Waals surface area (Å²) in [6.07, 6.45) is -0.122. The lowest BCUT2D eigenvalue weighted by molar-refractivity contribution is -0.137. The van der Waals surface area contributed by atoms with Crippen molar-refractivity contribution >= 4 is 45.2 Å². The van der Waals surface area contributed by atoms with Crippen LogP contribution in [0, 0.1) is 0 Å². The second-order valence-electron chi connectivity index (χ2n) is 1.97. The predicted molar refractivity (Wildman–Crippen MR) is 49.1 cm³/mol. The van der Waals surface area contributed by atoms with Crippen molar-refractivity contribution in [3.8, 4) is 0 Å². The fourth-order valence-corrected chi connectivity index (χ4v) is 1.06. The highest BCUT2D eigenvalue weighted by Gasteiger charge is 2.27. The van der Waals surface area contributed by atoms with E-state index in [0.29, 0.717) is 5.57 Å². The summed E-state index contributed by atoms with van der Waals surface area (Å²) in [5.74, 6) is -0.524. The van der Waals surface area contributed by atoms with E-state index in [4.69, 9.17) is 33.2 Å². The molecule has 0 atom stereocenters. The van der Waals surface area contributed by atoms with Gasteiger partial charge in [0.15, 0.2) is 0 Å². The summed E-state index contributed by atoms with van der Waals surface area (Å²) >= 11 is 16.3. The quantitative estimate of drug-likeness (QED) is 0.324. The van der Waals surface area contributed by atoms with Crippen LogP contribution in [0.15, 0.2) is 12.2 Å². The van der Waals surface area contributed by atoms with E-state index in [-0.39, 0.29) is 6.23 Å². The average molecular weight is 234 g/mol. The molecule has 0 aromatic rings. The van der Waals surface area contributed by atoms with Crippen molar-refractivity contribution in [2.75, 3.05) is 6.23 Å². The Labute approximate surface area is 80.2 Å². The molecule has 0 aromatic carbocycles. The summed E-state index contributed by atoms with van der Waals surface area (Å²) in [5.41, 5.74) is 0.299. The van der Waals surface area contributed by atoms with E-state index in [1.165, 1.54) is 6.92 Å². The van der Waals surface area contributed by atoms with Crippen LogP contribution in [0.1, 0.15) is 6.92 Å². The van der Waals surface area contributed by atoms with Crippen molar-refractivity contribution < 1.29 is 9.53 Å². The lowest BCUT2D eigenvalue weighted by Crippen LogP contribution is -2.22. The number of hydrogen-bond donors (Lipinski definition) is 0. The van der Waals surface area contributed by atoms with Crippen LogP contribution in [-0.2, 0) is 9.53 Å². The summed E-state index contributed by atoms with van der Waals surface area (Å²) in [6.45, 7) is 4.90. The summed E-state index contributed by atoms with van der Waals surface area (Å²) in [6, 6.07) is -2.83. The van der Waals surface area contributed by atoms with Crippen LogP contribution in [0.5, 0.6) is 0 Å². The van der Waals surface area contributed by atoms with Gasteiger partial charge in [0.05, 0.1) is 0 Å². The Bertz CT molecular complexity index is 175. The Hall–Kier alpha value is 0.297. The largest absolute Gasteiger partial charge is 0.462 e. The van der Waals surface area contributed by atoms with E-state index < -0.39 is 12.0 Å². The number of hydrogen-bond acceptors (Lipinski definition) is 2. The van der Waals surface area contributed by atoms with Crippen LogP contribution in [0.4, 0.5) is 0 Å². The first-order valence-electron chi connectivity index (χ1n) is 2.72. The highest BCUT2D eigenvalue weighted by atomic mass is 35.8. The highest BCUT2D eigenvalue weighted by Crippen LogP contribution is 2.19. The van der Waals surface area contributed by atoms with Crippen molar-refractivity contribution in [3.63, 3.8) is 0 Å². The van der Waals surface area contributed by atoms with Gasteiger partial charge in [-0.25, -0.2) is 4.79 Å². The molecule has 0 bridgehead atoms. The Kier molecular flexibility index (Phi) is 4.47. The SMILES string of the molecule is C=C(C)C(=O)OC[Si](Cl)(Cl)Cl. The molecule has 6 heteroatoms. The lowest BCUT2D eigenvalue weighted by atomic mass is 10.4. The van der Waals surface area contributed by atoms with E-state index in [2.05, 4.69) is 11.3 Å². The molecule has 0 saturated carbocycles. The van der Waals surface area contributed by atoms with Gasteiger partial charge >= 0.3 is 12.0 Å². The predicted octanol–water partition coefficient (Wildman–Crippen LogP) is 2.30. The van der Waals surface area contributed by atoms with E-state index in [0.717, 1.165) is 0 Å². The van der Waals surface area contributed by atoms with Crippen molar-refractivity contribution in [2.45, 2.75) is 6.92 Å². The van der Waals surface area contributed by atoms with Crippen LogP contribution in [-0.4, -0.2) is 18.2 Å². The third-order valence-corrected chi connectivity index (χ3v) is 2.17. The van der Waals surface area contributed by atoms with Crippen LogP contribution in [0.3, 0.4) is 0 Å². The van der Waals surface area contributed by atoms with Gasteiger partial charge in [-0.15, -0.1) is 33.2 Å². The summed E-state index contributed by atoms with van der Waals surface area (Å²) < 4.78 is 4.60. The molecule has 0 saturated heterocycles. The smallest absolute Gasteiger partial charge is 0.378 e. The average Bonchev–Trinajstić information content (AvgIpc) is 1.80. The van der Waals surface area contributed by atoms with E-state index in [9.17, 15) is 4.79 Å². The standard InChI is InChI=1S/C5H7Cl3O2Si/c1-4(2)5(9)10-3-11(6,7)8/h1,3H2,2H3. The van der Waals surface area contributed by atoms with Crippen molar-refractivity contribution in [1.82, 2.24) is 0 Å². The first-order chi connectivity index (χ1) is 4.83. The minimum Gasteiger partial charge on any atom is -0.462 e. The molecule has 0 unspecified atom stereocenters. The molecule has 11 heavy (non-hydrogen) atoms. The molecule has 0 aromatic heterocycles. The molecule has 2 nitrogen and oxygen atoms in total. The summed E-state index contributed by atoms with van der Waals surface area (Å²) in [5, 5.41) is 0. The Morgan fingerprint density at radius 2 is 2.00 bits per heavy atom. The normalized spacial score (nSPS) is 10.9. The van der Waals surface area contributed by atoms with Crippen LogP contribution in [0.2, 0.25) is 0 Å². The minimum absolute atomic E-state index is 0.122. The van der Waals surface area contributed by atoms with Gasteiger partial charge in [0.2, 0.25) is 0 Å². The first kappa shape index (κ1) is 11.3. The molecule has 64 valence electrons. The molecule has 0 rings (SSSR count). The van der Waals surface area contributed by atoms with Gasteiger partial charge in [0.1, 0.15) is 6.23 Å². The number of esters is 1. The zero-order valence-corrected chi connectivity index (χ0v) is 9.13. The van der Waals surface area contributed by atoms with Gasteiger partial charge in [-0.1, -0.05) is 6.58 Å². The number of carbonyl (C=O) groups is 1. The zero-order valence-electron chi connectivity index (χ0n) is 5.86. The van der Waals surface area contributed by atoms with Gasteiger partial charge in [-0.3, -0.25) is 0 Å². The number of halogens is 3. The molecular weight excluding hydrogens is 226 g/mol. The Morgan fingerprint density at radius 1 is 1.55 bits per heavy atom. The van der Waals surface area contributed by atoms with Crippen LogP contribution in [0.25, 0.3) is 0 Å². The maximum Gasteiger partial charge on any atom is 0.378 e. The summed E-state index contributed by atoms with van der Waals surface area (Å²) in [7, 11) is 0. The second kappa shape index (κ2) is 4.35. The molecule has 0 aliphatic rings. The lowest BCUT2D eigenvalue weighted by Gasteiger charge is -2.07. The van der Waals surface area contributed by atoms with Crippen LogP contribution < -0.4 is 0 Å². The van der Waals surface area contributed by atoms with Crippen molar-refractivity contribution in [1.29, 1.82) is 0 Å². The first-order valence-corrected chi connectivity index (χ1v) is 7.96. The molecule has 0 aliphatic heterocycles. The third-order valence-electron chi connectivity index (χ3n) is 0.715. The highest BCUT2D eigenvalue weighted by molar-refractivity contribution is 7.64. The fourth-order valence-electron chi connectivity index (χ4n) is 0.271. The molecule has 0 aliphatic carbocycles. The zero-order chi connectivity index (χ0) is 9.07. The van der Waals surface area contributed by atoms with Crippen molar-refractivity contribution in [3.05, 3.63) is 12.2 Å². The van der Waals surface area contributed by atoms with Gasteiger partial charge in [-0.2, -0.15) is 0 Å². The van der Waals surface area contributed by atoms with Gasteiger partial charge in [0, 0.05) is 5.57 Å². The number of carbonyl (C=O) groups excluding carboxylic acids is 1. The molecular formula is C5H7Cl3O2Si. The third kappa shape index (κ3) is 6.69. The molecule has 0 radical (unpaired) electrons. The minimum atomic E-state index is -2.83. The maximum atomic E-state index is 10.7. The second-order valence-corrected chi connectivity index (χ2v) is 11.0. The summed E-state index contributed by atoms with van der Waals surface area (Å²) in [4.78, 5) is 10.7. The number of rotatable bonds is 3. The topological polar surface area (TPSA) is 26.3 Å². The van der Waals surface area contributed by atoms with Crippen LogP contribution >= 0.6 is 33.2 Å². The number of ether oxygens (including phenoxy) is 1. The molecule has 0 spiro atoms. The van der Waals surface area contributed by atoms with E-state index >= 15 is 0 Å². The molecule has 0 fully saturated rings. The molecule has 0 amide bonds. The monoisotopic (exact) mass is 232 g/mol. The molecule has 0 N–H and O–H groups in total. The molecule has 0 heterocycles. The van der Waals surface area contributed by atoms with Gasteiger partial charge in [0.25, 0.3) is 0 Å².